The predicted molar refractivity (Wildman–Crippen MR) is 147 cm³/mol. The van der Waals surface area contributed by atoms with Crippen molar-refractivity contribution in [2.24, 2.45) is 7.05 Å². The molecule has 0 saturated heterocycles. The summed E-state index contributed by atoms with van der Waals surface area (Å²) in [5.41, 5.74) is 2.72. The zero-order valence-corrected chi connectivity index (χ0v) is 20.9. The number of carbonyl (C=O) groups excluding carboxylic acids is 2. The molecule has 0 fully saturated rings. The summed E-state index contributed by atoms with van der Waals surface area (Å²) in [5, 5.41) is 3.63. The largest absolute Gasteiger partial charge is 0.354 e. The number of benzene rings is 4. The minimum absolute atomic E-state index is 0.0126. The Morgan fingerprint density at radius 3 is 2.18 bits per heavy atom. The SMILES string of the molecule is Cn1c(=O)c(C(=O)c2ccccc2)c2c3c(c(Nc4ccccc4S(=O)O)ccc31)C(=O)c1ccccc1-2. The lowest BCUT2D eigenvalue weighted by atomic mass is 9.80. The van der Waals surface area contributed by atoms with Crippen LogP contribution in [-0.4, -0.2) is 24.9 Å². The van der Waals surface area contributed by atoms with Crippen LogP contribution in [0.1, 0.15) is 31.8 Å². The van der Waals surface area contributed by atoms with Gasteiger partial charge in [0.25, 0.3) is 5.56 Å². The molecule has 1 aromatic heterocycles. The van der Waals surface area contributed by atoms with Crippen LogP contribution in [0, 0.1) is 0 Å². The van der Waals surface area contributed by atoms with Gasteiger partial charge in [-0.05, 0) is 29.8 Å². The second-order valence-corrected chi connectivity index (χ2v) is 9.87. The lowest BCUT2D eigenvalue weighted by Gasteiger charge is -2.25. The van der Waals surface area contributed by atoms with Crippen molar-refractivity contribution < 1.29 is 18.4 Å². The van der Waals surface area contributed by atoms with Crippen LogP contribution in [-0.2, 0) is 18.1 Å². The van der Waals surface area contributed by atoms with E-state index in [-0.39, 0.29) is 21.8 Å². The smallest absolute Gasteiger partial charge is 0.262 e. The number of aromatic nitrogens is 1. The highest BCUT2D eigenvalue weighted by atomic mass is 32.2. The van der Waals surface area contributed by atoms with Crippen LogP contribution < -0.4 is 10.9 Å². The van der Waals surface area contributed by atoms with Gasteiger partial charge in [-0.15, -0.1) is 0 Å². The number of pyridine rings is 1. The van der Waals surface area contributed by atoms with Gasteiger partial charge in [-0.3, -0.25) is 14.4 Å². The molecule has 6 rings (SSSR count). The Bertz CT molecular complexity index is 1890. The summed E-state index contributed by atoms with van der Waals surface area (Å²) in [7, 11) is 1.58. The third-order valence-corrected chi connectivity index (χ3v) is 7.57. The number of hydrogen-bond acceptors (Lipinski definition) is 5. The fourth-order valence-corrected chi connectivity index (χ4v) is 5.59. The Labute approximate surface area is 219 Å². The third-order valence-electron chi connectivity index (χ3n) is 6.84. The summed E-state index contributed by atoms with van der Waals surface area (Å²) in [5.74, 6) is -0.710. The second-order valence-electron chi connectivity index (χ2n) is 8.94. The standard InChI is InChI=1S/C30H20N2O5S/c1-32-22-16-15-21(31-20-13-7-8-14-23(20)38(36)37)25-26(22)24(18-11-5-6-12-19(18)29(25)34)27(30(32)35)28(33)17-9-3-2-4-10-17/h2-16,31H,1H3,(H,36,37). The number of hydrogen-bond donors (Lipinski definition) is 2. The van der Waals surface area contributed by atoms with Crippen molar-refractivity contribution in [1.29, 1.82) is 0 Å². The van der Waals surface area contributed by atoms with E-state index in [1.54, 1.807) is 92.0 Å². The van der Waals surface area contributed by atoms with Gasteiger partial charge in [-0.2, -0.15) is 0 Å². The molecule has 0 aliphatic heterocycles. The molecular formula is C30H20N2O5S. The molecule has 38 heavy (non-hydrogen) atoms. The molecule has 1 aliphatic rings. The summed E-state index contributed by atoms with van der Waals surface area (Å²) in [6.45, 7) is 0. The quantitative estimate of drug-likeness (QED) is 0.236. The first-order chi connectivity index (χ1) is 18.4. The van der Waals surface area contributed by atoms with Crippen LogP contribution in [0.5, 0.6) is 0 Å². The maximum atomic E-state index is 13.9. The molecular weight excluding hydrogens is 500 g/mol. The minimum Gasteiger partial charge on any atom is -0.354 e. The van der Waals surface area contributed by atoms with Gasteiger partial charge in [0.2, 0.25) is 0 Å². The van der Waals surface area contributed by atoms with Gasteiger partial charge in [0.05, 0.1) is 32.9 Å². The Morgan fingerprint density at radius 1 is 0.789 bits per heavy atom. The van der Waals surface area contributed by atoms with Crippen molar-refractivity contribution >= 4 is 44.9 Å². The first-order valence-electron chi connectivity index (χ1n) is 11.8. The Balaban J connectivity index is 1.72. The summed E-state index contributed by atoms with van der Waals surface area (Å²) in [6, 6.07) is 25.4. The number of para-hydroxylation sites is 1. The van der Waals surface area contributed by atoms with Crippen LogP contribution >= 0.6 is 0 Å². The van der Waals surface area contributed by atoms with Crippen LogP contribution in [0.4, 0.5) is 11.4 Å². The van der Waals surface area contributed by atoms with Crippen LogP contribution in [0.15, 0.2) is 101 Å². The van der Waals surface area contributed by atoms with Gasteiger partial charge in [-0.1, -0.05) is 66.7 Å². The van der Waals surface area contributed by atoms with E-state index in [1.807, 2.05) is 0 Å². The summed E-state index contributed by atoms with van der Waals surface area (Å²) < 4.78 is 23.1. The normalized spacial score (nSPS) is 12.7. The summed E-state index contributed by atoms with van der Waals surface area (Å²) in [6.07, 6.45) is 0. The molecule has 186 valence electrons. The fourth-order valence-electron chi connectivity index (χ4n) is 5.09. The van der Waals surface area contributed by atoms with E-state index >= 15 is 0 Å². The van der Waals surface area contributed by atoms with Crippen LogP contribution in [0.25, 0.3) is 22.0 Å². The number of nitrogens with one attached hydrogen (secondary N) is 1. The van der Waals surface area contributed by atoms with Crippen molar-refractivity contribution in [3.8, 4) is 11.1 Å². The van der Waals surface area contributed by atoms with Crippen molar-refractivity contribution in [2.45, 2.75) is 4.90 Å². The van der Waals surface area contributed by atoms with E-state index in [4.69, 9.17) is 0 Å². The van der Waals surface area contributed by atoms with Gasteiger partial charge < -0.3 is 14.4 Å². The molecule has 5 aromatic rings. The zero-order chi connectivity index (χ0) is 26.6. The summed E-state index contributed by atoms with van der Waals surface area (Å²) >= 11 is -2.26. The average molecular weight is 521 g/mol. The molecule has 1 aliphatic carbocycles. The number of ketones is 2. The molecule has 0 spiro atoms. The van der Waals surface area contributed by atoms with Crippen molar-refractivity contribution in [1.82, 2.24) is 4.57 Å². The van der Waals surface area contributed by atoms with E-state index in [0.717, 1.165) is 0 Å². The van der Waals surface area contributed by atoms with Crippen LogP contribution in [0.3, 0.4) is 0 Å². The highest BCUT2D eigenvalue weighted by molar-refractivity contribution is 7.79. The topological polar surface area (TPSA) is 105 Å². The van der Waals surface area contributed by atoms with Gasteiger partial charge in [0.15, 0.2) is 22.6 Å². The minimum atomic E-state index is -2.26. The number of rotatable bonds is 5. The van der Waals surface area contributed by atoms with Crippen LogP contribution in [0.2, 0.25) is 0 Å². The highest BCUT2D eigenvalue weighted by Crippen LogP contribution is 2.44. The molecule has 1 atom stereocenters. The predicted octanol–water partition coefficient (Wildman–Crippen LogP) is 5.31. The van der Waals surface area contributed by atoms with Gasteiger partial charge >= 0.3 is 0 Å². The molecule has 8 heteroatoms. The monoisotopic (exact) mass is 520 g/mol. The number of fused-ring (bicyclic) bond motifs is 2. The number of carbonyl (C=O) groups is 2. The Morgan fingerprint density at radius 2 is 1.45 bits per heavy atom. The second kappa shape index (κ2) is 9.02. The number of anilines is 2. The van der Waals surface area contributed by atoms with Crippen molar-refractivity contribution in [3.05, 3.63) is 124 Å². The number of nitrogens with zero attached hydrogens (tertiary/aromatic N) is 1. The molecule has 7 nitrogen and oxygen atoms in total. The van der Waals surface area contributed by atoms with E-state index < -0.39 is 22.4 Å². The Hall–Kier alpha value is -4.66. The van der Waals surface area contributed by atoms with E-state index in [1.165, 1.54) is 10.6 Å². The first kappa shape index (κ1) is 23.7. The van der Waals surface area contributed by atoms with E-state index in [0.29, 0.717) is 44.5 Å². The van der Waals surface area contributed by atoms with Gasteiger partial charge in [-0.25, -0.2) is 4.21 Å². The van der Waals surface area contributed by atoms with E-state index in [9.17, 15) is 23.1 Å². The molecule has 2 N–H and O–H groups in total. The molecule has 0 bridgehead atoms. The lowest BCUT2D eigenvalue weighted by molar-refractivity contribution is 0.102. The summed E-state index contributed by atoms with van der Waals surface area (Å²) in [4.78, 5) is 41.6. The van der Waals surface area contributed by atoms with Gasteiger partial charge in [0.1, 0.15) is 0 Å². The lowest BCUT2D eigenvalue weighted by Crippen LogP contribution is -2.29. The maximum Gasteiger partial charge on any atom is 0.262 e. The van der Waals surface area contributed by atoms with E-state index in [2.05, 4.69) is 5.32 Å². The Kier molecular flexibility index (Phi) is 5.63. The van der Waals surface area contributed by atoms with Gasteiger partial charge in [0, 0.05) is 29.1 Å². The molecule has 1 heterocycles. The van der Waals surface area contributed by atoms with Crippen molar-refractivity contribution in [2.75, 3.05) is 5.32 Å². The zero-order valence-electron chi connectivity index (χ0n) is 20.1. The highest BCUT2D eigenvalue weighted by Gasteiger charge is 2.34. The molecule has 0 radical (unpaired) electrons. The third kappa shape index (κ3) is 3.53. The molecule has 1 unspecified atom stereocenters. The number of aryl methyl sites for hydroxylation is 1. The maximum absolute atomic E-state index is 13.9. The molecule has 0 saturated carbocycles. The molecule has 0 amide bonds. The van der Waals surface area contributed by atoms with Crippen molar-refractivity contribution in [3.63, 3.8) is 0 Å². The average Bonchev–Trinajstić information content (AvgIpc) is 2.94. The fraction of sp³-hybridized carbons (Fsp3) is 0.0333. The first-order valence-corrected chi connectivity index (χ1v) is 12.9. The molecule has 4 aromatic carbocycles.